The van der Waals surface area contributed by atoms with E-state index < -0.39 is 0 Å². The van der Waals surface area contributed by atoms with Crippen molar-refractivity contribution in [3.63, 3.8) is 0 Å². The van der Waals surface area contributed by atoms with Gasteiger partial charge in [0.25, 0.3) is 0 Å². The first-order chi connectivity index (χ1) is 16.2. The largest absolute Gasteiger partial charge is 0.376 e. The molecule has 33 heavy (non-hydrogen) atoms. The number of amides is 1. The summed E-state index contributed by atoms with van der Waals surface area (Å²) < 4.78 is 8.01. The van der Waals surface area contributed by atoms with E-state index in [1.165, 1.54) is 16.6 Å². The van der Waals surface area contributed by atoms with Crippen LogP contribution in [0.4, 0.5) is 0 Å². The zero-order valence-electron chi connectivity index (χ0n) is 19.0. The van der Waals surface area contributed by atoms with Crippen LogP contribution < -0.4 is 5.32 Å². The molecule has 0 saturated carbocycles. The maximum atomic E-state index is 12.6. The molecule has 0 aliphatic carbocycles. The van der Waals surface area contributed by atoms with E-state index in [0.29, 0.717) is 6.54 Å². The van der Waals surface area contributed by atoms with Crippen LogP contribution in [0.1, 0.15) is 36.9 Å². The molecule has 0 unspecified atom stereocenters. The lowest BCUT2D eigenvalue weighted by Gasteiger charge is -2.31. The number of halogens is 1. The molecule has 5 nitrogen and oxygen atoms in total. The summed E-state index contributed by atoms with van der Waals surface area (Å²) in [6, 6.07) is 18.9. The average Bonchev–Trinajstić information content (AvgIpc) is 3.48. The molecule has 1 amide bonds. The number of fused-ring (bicyclic) bond motifs is 1. The fraction of sp³-hybridized carbons (Fsp3) is 0.444. The van der Waals surface area contributed by atoms with E-state index in [4.69, 9.17) is 16.3 Å². The lowest BCUT2D eigenvalue weighted by atomic mass is 9.95. The standard InChI is InChI=1S/C27H32ClN3O2/c28-25-9-3-1-7-22(25)18-31-23(16-21-6-2-4-10-26(21)31)19-30-13-11-20(12-14-30)27(32)29-17-24-8-5-15-33-24/h1-4,6-7,9-10,16,20,24H,5,8,11-15,17-19H2,(H,29,32)/t24-/m1/s1. The van der Waals surface area contributed by atoms with Gasteiger partial charge in [-0.25, -0.2) is 0 Å². The molecule has 2 fully saturated rings. The molecule has 1 aromatic heterocycles. The molecule has 1 atom stereocenters. The van der Waals surface area contributed by atoms with Gasteiger partial charge in [-0.15, -0.1) is 0 Å². The van der Waals surface area contributed by atoms with Crippen molar-refractivity contribution in [1.82, 2.24) is 14.8 Å². The summed E-state index contributed by atoms with van der Waals surface area (Å²) in [5.74, 6) is 0.301. The maximum absolute atomic E-state index is 12.6. The number of carbonyl (C=O) groups excluding carboxylic acids is 1. The minimum atomic E-state index is 0.108. The molecule has 0 radical (unpaired) electrons. The summed E-state index contributed by atoms with van der Waals surface area (Å²) in [4.78, 5) is 15.1. The van der Waals surface area contributed by atoms with Crippen LogP contribution in [-0.4, -0.2) is 47.7 Å². The number of rotatable bonds is 7. The molecule has 0 bridgehead atoms. The van der Waals surface area contributed by atoms with Gasteiger partial charge in [0.05, 0.1) is 6.10 Å². The van der Waals surface area contributed by atoms with Gasteiger partial charge in [-0.3, -0.25) is 9.69 Å². The number of hydrogen-bond donors (Lipinski definition) is 1. The molecule has 3 aromatic rings. The van der Waals surface area contributed by atoms with E-state index in [2.05, 4.69) is 51.2 Å². The highest BCUT2D eigenvalue weighted by Crippen LogP contribution is 2.26. The van der Waals surface area contributed by atoms with Gasteiger partial charge in [0.15, 0.2) is 0 Å². The zero-order chi connectivity index (χ0) is 22.6. The topological polar surface area (TPSA) is 46.5 Å². The van der Waals surface area contributed by atoms with Gasteiger partial charge in [0.1, 0.15) is 0 Å². The summed E-state index contributed by atoms with van der Waals surface area (Å²) in [6.45, 7) is 4.98. The second kappa shape index (κ2) is 10.3. The number of carbonyl (C=O) groups is 1. The van der Waals surface area contributed by atoms with Gasteiger partial charge in [0.2, 0.25) is 5.91 Å². The zero-order valence-corrected chi connectivity index (χ0v) is 19.8. The van der Waals surface area contributed by atoms with Crippen molar-refractivity contribution in [3.8, 4) is 0 Å². The Morgan fingerprint density at radius 1 is 1.03 bits per heavy atom. The summed E-state index contributed by atoms with van der Waals surface area (Å²) >= 11 is 6.48. The second-order valence-electron chi connectivity index (χ2n) is 9.30. The Morgan fingerprint density at radius 2 is 1.82 bits per heavy atom. The van der Waals surface area contributed by atoms with E-state index in [1.807, 2.05) is 18.2 Å². The average molecular weight is 466 g/mol. The fourth-order valence-corrected chi connectivity index (χ4v) is 5.32. The van der Waals surface area contributed by atoms with Gasteiger partial charge in [0, 0.05) is 48.4 Å². The highest BCUT2D eigenvalue weighted by molar-refractivity contribution is 6.31. The molecule has 174 valence electrons. The normalized spacial score (nSPS) is 19.8. The first kappa shape index (κ1) is 22.5. The molecule has 2 aliphatic rings. The Kier molecular flexibility index (Phi) is 7.00. The third-order valence-corrected chi connectivity index (χ3v) is 7.42. The van der Waals surface area contributed by atoms with Crippen LogP contribution in [0.25, 0.3) is 10.9 Å². The van der Waals surface area contributed by atoms with Crippen molar-refractivity contribution >= 4 is 28.4 Å². The van der Waals surface area contributed by atoms with Crippen molar-refractivity contribution in [3.05, 3.63) is 70.9 Å². The number of benzene rings is 2. The molecule has 2 aromatic carbocycles. The number of piperidine rings is 1. The summed E-state index contributed by atoms with van der Waals surface area (Å²) in [6.07, 6.45) is 4.17. The lowest BCUT2D eigenvalue weighted by Crippen LogP contribution is -2.42. The van der Waals surface area contributed by atoms with Gasteiger partial charge in [-0.1, -0.05) is 48.0 Å². The van der Waals surface area contributed by atoms with Crippen molar-refractivity contribution in [1.29, 1.82) is 0 Å². The summed E-state index contributed by atoms with van der Waals surface area (Å²) in [7, 11) is 0. The van der Waals surface area contributed by atoms with Crippen LogP contribution in [0.5, 0.6) is 0 Å². The van der Waals surface area contributed by atoms with Gasteiger partial charge < -0.3 is 14.6 Å². The third kappa shape index (κ3) is 5.26. The summed E-state index contributed by atoms with van der Waals surface area (Å²) in [5.41, 5.74) is 3.65. The van der Waals surface area contributed by atoms with Gasteiger partial charge in [-0.05, 0) is 67.9 Å². The predicted octanol–water partition coefficient (Wildman–Crippen LogP) is 4.85. The SMILES string of the molecule is O=C(NC[C@H]1CCCO1)C1CCN(Cc2cc3ccccc3n2Cc2ccccc2Cl)CC1. The second-order valence-corrected chi connectivity index (χ2v) is 9.71. The number of nitrogens with zero attached hydrogens (tertiary/aromatic N) is 2. The molecule has 2 saturated heterocycles. The van der Waals surface area contributed by atoms with Crippen molar-refractivity contribution in [2.75, 3.05) is 26.2 Å². The monoisotopic (exact) mass is 465 g/mol. The van der Waals surface area contributed by atoms with E-state index in [1.54, 1.807) is 0 Å². The van der Waals surface area contributed by atoms with Gasteiger partial charge >= 0.3 is 0 Å². The van der Waals surface area contributed by atoms with Crippen molar-refractivity contribution in [2.24, 2.45) is 5.92 Å². The highest BCUT2D eigenvalue weighted by atomic mass is 35.5. The highest BCUT2D eigenvalue weighted by Gasteiger charge is 2.26. The summed E-state index contributed by atoms with van der Waals surface area (Å²) in [5, 5.41) is 5.17. The molecule has 3 heterocycles. The minimum absolute atomic E-state index is 0.108. The third-order valence-electron chi connectivity index (χ3n) is 7.05. The number of aromatic nitrogens is 1. The first-order valence-corrected chi connectivity index (χ1v) is 12.5. The molecule has 5 rings (SSSR count). The van der Waals surface area contributed by atoms with E-state index >= 15 is 0 Å². The number of ether oxygens (including phenoxy) is 1. The number of likely N-dealkylation sites (tertiary alicyclic amines) is 1. The van der Waals surface area contributed by atoms with Crippen LogP contribution in [0.3, 0.4) is 0 Å². The van der Waals surface area contributed by atoms with Crippen molar-refractivity contribution < 1.29 is 9.53 Å². The van der Waals surface area contributed by atoms with Crippen LogP contribution in [0.15, 0.2) is 54.6 Å². The number of nitrogens with one attached hydrogen (secondary N) is 1. The number of hydrogen-bond acceptors (Lipinski definition) is 3. The Hall–Kier alpha value is -2.34. The first-order valence-electron chi connectivity index (χ1n) is 12.1. The Balaban J connectivity index is 1.23. The van der Waals surface area contributed by atoms with E-state index in [9.17, 15) is 4.79 Å². The quantitative estimate of drug-likeness (QED) is 0.542. The molecule has 1 N–H and O–H groups in total. The van der Waals surface area contributed by atoms with Gasteiger partial charge in [-0.2, -0.15) is 0 Å². The minimum Gasteiger partial charge on any atom is -0.376 e. The molecular weight excluding hydrogens is 434 g/mol. The maximum Gasteiger partial charge on any atom is 0.223 e. The molecule has 2 aliphatic heterocycles. The smallest absolute Gasteiger partial charge is 0.223 e. The van der Waals surface area contributed by atoms with Crippen LogP contribution in [0.2, 0.25) is 5.02 Å². The van der Waals surface area contributed by atoms with E-state index in [-0.39, 0.29) is 17.9 Å². The van der Waals surface area contributed by atoms with Crippen molar-refractivity contribution in [2.45, 2.75) is 44.9 Å². The number of para-hydroxylation sites is 1. The van der Waals surface area contributed by atoms with E-state index in [0.717, 1.165) is 69.1 Å². The Morgan fingerprint density at radius 3 is 2.61 bits per heavy atom. The molecule has 0 spiro atoms. The Labute approximate surface area is 200 Å². The van der Waals surface area contributed by atoms with Crippen LogP contribution in [0, 0.1) is 5.92 Å². The molecule has 6 heteroatoms. The Bertz CT molecular complexity index is 1100. The lowest BCUT2D eigenvalue weighted by molar-refractivity contribution is -0.127. The predicted molar refractivity (Wildman–Crippen MR) is 132 cm³/mol. The van der Waals surface area contributed by atoms with Crippen LogP contribution in [-0.2, 0) is 22.6 Å². The molecular formula is C27H32ClN3O2. The van der Waals surface area contributed by atoms with Crippen LogP contribution >= 0.6 is 11.6 Å². The fourth-order valence-electron chi connectivity index (χ4n) is 5.13.